The number of carbonyl (C=O) groups excluding carboxylic acids is 3. The first-order valence-corrected chi connectivity index (χ1v) is 7.39. The molecule has 2 N–H and O–H groups in total. The minimum absolute atomic E-state index is 0.129. The smallest absolute Gasteiger partial charge is 0.318 e. The van der Waals surface area contributed by atoms with Gasteiger partial charge in [0, 0.05) is 5.69 Å². The van der Waals surface area contributed by atoms with Crippen molar-refractivity contribution in [2.45, 2.75) is 19.4 Å². The SMILES string of the molecule is Cc1cccc(C(=O)NN2C(=O)NC(C)(c3ccccc3)C2=O)n1. The Hall–Kier alpha value is -3.22. The van der Waals surface area contributed by atoms with Gasteiger partial charge in [-0.05, 0) is 31.5 Å². The number of aryl methyl sites for hydroxylation is 1. The molecule has 0 spiro atoms. The molecule has 3 rings (SSSR count). The minimum Gasteiger partial charge on any atom is -0.318 e. The first-order chi connectivity index (χ1) is 11.4. The van der Waals surface area contributed by atoms with Gasteiger partial charge >= 0.3 is 6.03 Å². The second-order valence-electron chi connectivity index (χ2n) is 5.67. The molecule has 1 unspecified atom stereocenters. The number of imide groups is 1. The van der Waals surface area contributed by atoms with E-state index in [1.165, 1.54) is 6.07 Å². The number of benzene rings is 1. The number of hydrogen-bond acceptors (Lipinski definition) is 4. The molecule has 2 heterocycles. The van der Waals surface area contributed by atoms with Crippen LogP contribution < -0.4 is 10.7 Å². The summed E-state index contributed by atoms with van der Waals surface area (Å²) in [6.07, 6.45) is 0. The molecule has 24 heavy (non-hydrogen) atoms. The molecule has 7 nitrogen and oxygen atoms in total. The average Bonchev–Trinajstić information content (AvgIpc) is 2.80. The van der Waals surface area contributed by atoms with E-state index in [0.29, 0.717) is 16.3 Å². The van der Waals surface area contributed by atoms with Crippen molar-refractivity contribution >= 4 is 17.8 Å². The zero-order chi connectivity index (χ0) is 17.3. The van der Waals surface area contributed by atoms with Gasteiger partial charge in [0.1, 0.15) is 11.2 Å². The Bertz CT molecular complexity index is 822. The summed E-state index contributed by atoms with van der Waals surface area (Å²) in [5.41, 5.74) is 2.51. The van der Waals surface area contributed by atoms with Crippen LogP contribution in [0.3, 0.4) is 0 Å². The van der Waals surface area contributed by atoms with E-state index in [2.05, 4.69) is 15.7 Å². The molecule has 122 valence electrons. The van der Waals surface area contributed by atoms with Crippen molar-refractivity contribution in [3.8, 4) is 0 Å². The normalized spacial score (nSPS) is 20.0. The van der Waals surface area contributed by atoms with Gasteiger partial charge in [-0.15, -0.1) is 0 Å². The lowest BCUT2D eigenvalue weighted by molar-refractivity contribution is -0.132. The third-order valence-corrected chi connectivity index (χ3v) is 3.88. The van der Waals surface area contributed by atoms with Crippen LogP contribution in [0, 0.1) is 6.92 Å². The number of urea groups is 1. The number of nitrogens with one attached hydrogen (secondary N) is 2. The van der Waals surface area contributed by atoms with Crippen LogP contribution in [-0.4, -0.2) is 27.8 Å². The largest absolute Gasteiger partial charge is 0.344 e. The molecule has 4 amide bonds. The van der Waals surface area contributed by atoms with Crippen LogP contribution in [0.25, 0.3) is 0 Å². The molecule has 0 aliphatic carbocycles. The number of aromatic nitrogens is 1. The van der Waals surface area contributed by atoms with Gasteiger partial charge in [0.25, 0.3) is 11.8 Å². The minimum atomic E-state index is -1.23. The number of rotatable bonds is 3. The number of amides is 4. The first kappa shape index (κ1) is 15.7. The highest BCUT2D eigenvalue weighted by molar-refractivity contribution is 6.09. The fourth-order valence-electron chi connectivity index (χ4n) is 2.54. The van der Waals surface area contributed by atoms with Gasteiger partial charge in [-0.1, -0.05) is 36.4 Å². The van der Waals surface area contributed by atoms with E-state index >= 15 is 0 Å². The van der Waals surface area contributed by atoms with Crippen LogP contribution in [-0.2, 0) is 10.3 Å². The third-order valence-electron chi connectivity index (χ3n) is 3.88. The number of carbonyl (C=O) groups is 3. The van der Waals surface area contributed by atoms with Crippen LogP contribution in [0.5, 0.6) is 0 Å². The van der Waals surface area contributed by atoms with Gasteiger partial charge in [-0.25, -0.2) is 9.78 Å². The molecule has 7 heteroatoms. The molecule has 0 radical (unpaired) electrons. The third kappa shape index (κ3) is 2.60. The van der Waals surface area contributed by atoms with Gasteiger partial charge < -0.3 is 5.32 Å². The summed E-state index contributed by atoms with van der Waals surface area (Å²) in [5.74, 6) is -1.18. The quantitative estimate of drug-likeness (QED) is 0.837. The molecule has 1 saturated heterocycles. The molecule has 1 aliphatic heterocycles. The fourth-order valence-corrected chi connectivity index (χ4v) is 2.54. The van der Waals surface area contributed by atoms with E-state index in [1.807, 2.05) is 6.07 Å². The highest BCUT2D eigenvalue weighted by Crippen LogP contribution is 2.27. The second kappa shape index (κ2) is 5.77. The Morgan fingerprint density at radius 3 is 2.50 bits per heavy atom. The standard InChI is InChI=1S/C17H16N4O3/c1-11-7-6-10-13(18-11)14(22)20-21-15(23)17(2,19-16(21)24)12-8-4-3-5-9-12/h3-10H,1-2H3,(H,19,24)(H,20,22). The van der Waals surface area contributed by atoms with Crippen molar-refractivity contribution < 1.29 is 14.4 Å². The molecule has 0 bridgehead atoms. The highest BCUT2D eigenvalue weighted by Gasteiger charge is 2.50. The summed E-state index contributed by atoms with van der Waals surface area (Å²) >= 11 is 0. The summed E-state index contributed by atoms with van der Waals surface area (Å²) in [5, 5.41) is 3.31. The molecule has 1 aromatic heterocycles. The van der Waals surface area contributed by atoms with Crippen molar-refractivity contribution in [1.29, 1.82) is 0 Å². The summed E-state index contributed by atoms with van der Waals surface area (Å²) in [4.78, 5) is 41.2. The van der Waals surface area contributed by atoms with Crippen molar-refractivity contribution in [3.63, 3.8) is 0 Å². The Morgan fingerprint density at radius 1 is 1.12 bits per heavy atom. The predicted molar refractivity (Wildman–Crippen MR) is 85.6 cm³/mol. The molecule has 1 fully saturated rings. The lowest BCUT2D eigenvalue weighted by atomic mass is 9.92. The van der Waals surface area contributed by atoms with E-state index in [4.69, 9.17) is 0 Å². The Labute approximate surface area is 138 Å². The van der Waals surface area contributed by atoms with Crippen molar-refractivity contribution in [3.05, 3.63) is 65.5 Å². The highest BCUT2D eigenvalue weighted by atomic mass is 16.2. The summed E-state index contributed by atoms with van der Waals surface area (Å²) in [6, 6.07) is 13.1. The summed E-state index contributed by atoms with van der Waals surface area (Å²) < 4.78 is 0. The molecule has 1 atom stereocenters. The average molecular weight is 324 g/mol. The monoisotopic (exact) mass is 324 g/mol. The molecule has 0 saturated carbocycles. The van der Waals surface area contributed by atoms with E-state index in [1.54, 1.807) is 50.2 Å². The summed E-state index contributed by atoms with van der Waals surface area (Å²) in [6.45, 7) is 3.34. The zero-order valence-corrected chi connectivity index (χ0v) is 13.2. The molecular weight excluding hydrogens is 308 g/mol. The van der Waals surface area contributed by atoms with Gasteiger partial charge in [0.2, 0.25) is 0 Å². The van der Waals surface area contributed by atoms with Crippen LogP contribution >= 0.6 is 0 Å². The van der Waals surface area contributed by atoms with Gasteiger partial charge in [-0.2, -0.15) is 5.01 Å². The molecule has 1 aliphatic rings. The topological polar surface area (TPSA) is 91.4 Å². The van der Waals surface area contributed by atoms with E-state index in [0.717, 1.165) is 0 Å². The second-order valence-corrected chi connectivity index (χ2v) is 5.67. The van der Waals surface area contributed by atoms with Crippen molar-refractivity contribution in [1.82, 2.24) is 20.7 Å². The Morgan fingerprint density at radius 2 is 1.83 bits per heavy atom. The Kier molecular flexibility index (Phi) is 3.76. The lowest BCUT2D eigenvalue weighted by Gasteiger charge is -2.22. The van der Waals surface area contributed by atoms with Crippen LogP contribution in [0.4, 0.5) is 4.79 Å². The van der Waals surface area contributed by atoms with Crippen molar-refractivity contribution in [2.24, 2.45) is 0 Å². The van der Waals surface area contributed by atoms with Crippen LogP contribution in [0.1, 0.15) is 28.7 Å². The maximum atomic E-state index is 12.7. The van der Waals surface area contributed by atoms with Crippen LogP contribution in [0.2, 0.25) is 0 Å². The first-order valence-electron chi connectivity index (χ1n) is 7.39. The van der Waals surface area contributed by atoms with E-state index < -0.39 is 23.4 Å². The maximum Gasteiger partial charge on any atom is 0.344 e. The predicted octanol–water partition coefficient (Wildman–Crippen LogP) is 1.50. The lowest BCUT2D eigenvalue weighted by Crippen LogP contribution is -2.48. The molecule has 2 aromatic rings. The number of nitrogens with zero attached hydrogens (tertiary/aromatic N) is 2. The molecule has 1 aromatic carbocycles. The van der Waals surface area contributed by atoms with E-state index in [-0.39, 0.29) is 5.69 Å². The van der Waals surface area contributed by atoms with Crippen LogP contribution in [0.15, 0.2) is 48.5 Å². The van der Waals surface area contributed by atoms with Gasteiger partial charge in [0.05, 0.1) is 0 Å². The zero-order valence-electron chi connectivity index (χ0n) is 13.2. The van der Waals surface area contributed by atoms with Gasteiger partial charge in [0.15, 0.2) is 0 Å². The maximum absolute atomic E-state index is 12.7. The Balaban J connectivity index is 1.84. The van der Waals surface area contributed by atoms with Crippen molar-refractivity contribution in [2.75, 3.05) is 0 Å². The number of hydrazine groups is 1. The fraction of sp³-hybridized carbons (Fsp3) is 0.176. The molecular formula is C17H16N4O3. The summed E-state index contributed by atoms with van der Waals surface area (Å²) in [7, 11) is 0. The number of pyridine rings is 1. The van der Waals surface area contributed by atoms with E-state index in [9.17, 15) is 14.4 Å². The van der Waals surface area contributed by atoms with Gasteiger partial charge in [-0.3, -0.25) is 15.0 Å². The number of hydrogen-bond donors (Lipinski definition) is 2.